The highest BCUT2D eigenvalue weighted by molar-refractivity contribution is 6.31. The fourth-order valence-electron chi connectivity index (χ4n) is 1.48. The lowest BCUT2D eigenvalue weighted by Crippen LogP contribution is -2.03. The van der Waals surface area contributed by atoms with Crippen LogP contribution in [0.1, 0.15) is 31.9 Å². The number of hydrogen-bond donors (Lipinski definition) is 1. The summed E-state index contributed by atoms with van der Waals surface area (Å²) in [7, 11) is 1.60. The Morgan fingerprint density at radius 2 is 2.07 bits per heavy atom. The highest BCUT2D eigenvalue weighted by Crippen LogP contribution is 2.30. The second-order valence-electron chi connectivity index (χ2n) is 4.03. The first kappa shape index (κ1) is 12.3. The van der Waals surface area contributed by atoms with Crippen molar-refractivity contribution in [1.82, 2.24) is 0 Å². The molecule has 0 bridgehead atoms. The fraction of sp³-hybridized carbons (Fsp3) is 0.500. The zero-order chi connectivity index (χ0) is 11.4. The van der Waals surface area contributed by atoms with E-state index >= 15 is 0 Å². The summed E-state index contributed by atoms with van der Waals surface area (Å²) in [4.78, 5) is 0. The molecule has 0 aromatic heterocycles. The van der Waals surface area contributed by atoms with Gasteiger partial charge in [0.25, 0.3) is 0 Å². The Kier molecular flexibility index (Phi) is 4.43. The van der Waals surface area contributed by atoms with E-state index in [0.29, 0.717) is 17.4 Å². The molecule has 15 heavy (non-hydrogen) atoms. The number of rotatable bonds is 4. The predicted octanol–water partition coefficient (Wildman–Crippen LogP) is 3.43. The Morgan fingerprint density at radius 1 is 1.40 bits per heavy atom. The van der Waals surface area contributed by atoms with Gasteiger partial charge in [-0.05, 0) is 30.5 Å². The topological polar surface area (TPSA) is 29.5 Å². The second-order valence-corrected chi connectivity index (χ2v) is 4.44. The Labute approximate surface area is 95.8 Å². The van der Waals surface area contributed by atoms with Gasteiger partial charge in [-0.3, -0.25) is 0 Å². The lowest BCUT2D eigenvalue weighted by molar-refractivity contribution is 0.151. The SMILES string of the molecule is COc1ccc(Cl)c(C(O)CC(C)C)c1. The Balaban J connectivity index is 2.91. The summed E-state index contributed by atoms with van der Waals surface area (Å²) in [6.07, 6.45) is 0.181. The van der Waals surface area contributed by atoms with Crippen LogP contribution in [-0.2, 0) is 0 Å². The first-order chi connectivity index (χ1) is 7.04. The standard InChI is InChI=1S/C12H17ClO2/c1-8(2)6-12(14)10-7-9(15-3)4-5-11(10)13/h4-5,7-8,12,14H,6H2,1-3H3. The van der Waals surface area contributed by atoms with E-state index in [-0.39, 0.29) is 0 Å². The van der Waals surface area contributed by atoms with Crippen LogP contribution in [0, 0.1) is 5.92 Å². The molecule has 1 atom stereocenters. The normalized spacial score (nSPS) is 12.9. The van der Waals surface area contributed by atoms with Crippen LogP contribution in [0.15, 0.2) is 18.2 Å². The van der Waals surface area contributed by atoms with Crippen molar-refractivity contribution >= 4 is 11.6 Å². The first-order valence-electron chi connectivity index (χ1n) is 5.06. The van der Waals surface area contributed by atoms with Crippen molar-refractivity contribution in [3.63, 3.8) is 0 Å². The smallest absolute Gasteiger partial charge is 0.119 e. The van der Waals surface area contributed by atoms with Crippen molar-refractivity contribution in [2.24, 2.45) is 5.92 Å². The molecule has 0 saturated carbocycles. The van der Waals surface area contributed by atoms with Crippen molar-refractivity contribution < 1.29 is 9.84 Å². The van der Waals surface area contributed by atoms with Gasteiger partial charge in [0.05, 0.1) is 13.2 Å². The van der Waals surface area contributed by atoms with Crippen LogP contribution >= 0.6 is 11.6 Å². The quantitative estimate of drug-likeness (QED) is 0.856. The molecule has 1 aromatic carbocycles. The molecule has 0 fully saturated rings. The van der Waals surface area contributed by atoms with Gasteiger partial charge in [-0.25, -0.2) is 0 Å². The van der Waals surface area contributed by atoms with Gasteiger partial charge in [0.1, 0.15) is 5.75 Å². The number of methoxy groups -OCH3 is 1. The van der Waals surface area contributed by atoms with Crippen molar-refractivity contribution in [1.29, 1.82) is 0 Å². The van der Waals surface area contributed by atoms with Crippen LogP contribution in [-0.4, -0.2) is 12.2 Å². The van der Waals surface area contributed by atoms with E-state index in [0.717, 1.165) is 11.3 Å². The maximum absolute atomic E-state index is 9.95. The summed E-state index contributed by atoms with van der Waals surface area (Å²) in [6.45, 7) is 4.13. The second kappa shape index (κ2) is 5.38. The van der Waals surface area contributed by atoms with Crippen LogP contribution in [0.4, 0.5) is 0 Å². The lowest BCUT2D eigenvalue weighted by Gasteiger charge is -2.15. The number of aliphatic hydroxyl groups is 1. The minimum absolute atomic E-state index is 0.433. The van der Waals surface area contributed by atoms with Gasteiger partial charge in [0.15, 0.2) is 0 Å². The zero-order valence-corrected chi connectivity index (χ0v) is 10.1. The van der Waals surface area contributed by atoms with Gasteiger partial charge >= 0.3 is 0 Å². The van der Waals surface area contributed by atoms with Crippen LogP contribution in [0.25, 0.3) is 0 Å². The molecule has 1 unspecified atom stereocenters. The van der Waals surface area contributed by atoms with Crippen molar-refractivity contribution in [2.75, 3.05) is 7.11 Å². The molecule has 1 N–H and O–H groups in total. The molecular formula is C12H17ClO2. The molecule has 0 radical (unpaired) electrons. The molecule has 2 nitrogen and oxygen atoms in total. The summed E-state index contributed by atoms with van der Waals surface area (Å²) in [5, 5.41) is 10.5. The molecule has 0 amide bonds. The largest absolute Gasteiger partial charge is 0.497 e. The summed E-state index contributed by atoms with van der Waals surface area (Å²) >= 11 is 6.02. The van der Waals surface area contributed by atoms with Crippen molar-refractivity contribution in [3.05, 3.63) is 28.8 Å². The van der Waals surface area contributed by atoms with Crippen LogP contribution < -0.4 is 4.74 Å². The van der Waals surface area contributed by atoms with E-state index in [1.54, 1.807) is 25.3 Å². The molecule has 1 rings (SSSR count). The summed E-state index contributed by atoms with van der Waals surface area (Å²) in [5.41, 5.74) is 0.740. The maximum atomic E-state index is 9.95. The molecule has 1 aromatic rings. The molecule has 84 valence electrons. The average Bonchev–Trinajstić information content (AvgIpc) is 2.17. The van der Waals surface area contributed by atoms with Crippen LogP contribution in [0.5, 0.6) is 5.75 Å². The van der Waals surface area contributed by atoms with Gasteiger partial charge in [-0.2, -0.15) is 0 Å². The highest BCUT2D eigenvalue weighted by atomic mass is 35.5. The number of aliphatic hydroxyl groups excluding tert-OH is 1. The minimum atomic E-state index is -0.521. The predicted molar refractivity (Wildman–Crippen MR) is 62.4 cm³/mol. The molecule has 0 spiro atoms. The number of hydrogen-bond acceptors (Lipinski definition) is 2. The number of benzene rings is 1. The zero-order valence-electron chi connectivity index (χ0n) is 9.33. The van der Waals surface area contributed by atoms with Gasteiger partial charge in [0.2, 0.25) is 0 Å². The summed E-state index contributed by atoms with van der Waals surface area (Å²) in [5.74, 6) is 1.15. The van der Waals surface area contributed by atoms with Gasteiger partial charge < -0.3 is 9.84 Å². The highest BCUT2D eigenvalue weighted by Gasteiger charge is 2.14. The summed E-state index contributed by atoms with van der Waals surface area (Å²) in [6, 6.07) is 5.32. The van der Waals surface area contributed by atoms with E-state index in [1.807, 2.05) is 0 Å². The molecule has 0 aliphatic heterocycles. The van der Waals surface area contributed by atoms with E-state index in [1.165, 1.54) is 0 Å². The summed E-state index contributed by atoms with van der Waals surface area (Å²) < 4.78 is 5.10. The molecule has 3 heteroatoms. The van der Waals surface area contributed by atoms with E-state index < -0.39 is 6.10 Å². The Bertz CT molecular complexity index is 323. The third kappa shape index (κ3) is 3.40. The average molecular weight is 229 g/mol. The molecule has 0 aliphatic rings. The molecular weight excluding hydrogens is 212 g/mol. The van der Waals surface area contributed by atoms with E-state index in [4.69, 9.17) is 16.3 Å². The van der Waals surface area contributed by atoms with Gasteiger partial charge in [-0.15, -0.1) is 0 Å². The molecule has 0 heterocycles. The van der Waals surface area contributed by atoms with Crippen molar-refractivity contribution in [2.45, 2.75) is 26.4 Å². The third-order valence-corrected chi connectivity index (χ3v) is 2.60. The number of ether oxygens (including phenoxy) is 1. The van der Waals surface area contributed by atoms with Crippen LogP contribution in [0.3, 0.4) is 0 Å². The van der Waals surface area contributed by atoms with Crippen LogP contribution in [0.2, 0.25) is 5.02 Å². The van der Waals surface area contributed by atoms with Gasteiger partial charge in [-0.1, -0.05) is 25.4 Å². The Morgan fingerprint density at radius 3 is 2.60 bits per heavy atom. The number of halogens is 1. The Hall–Kier alpha value is -0.730. The minimum Gasteiger partial charge on any atom is -0.497 e. The third-order valence-electron chi connectivity index (χ3n) is 2.26. The van der Waals surface area contributed by atoms with E-state index in [2.05, 4.69) is 13.8 Å². The first-order valence-corrected chi connectivity index (χ1v) is 5.44. The van der Waals surface area contributed by atoms with Crippen molar-refractivity contribution in [3.8, 4) is 5.75 Å². The van der Waals surface area contributed by atoms with E-state index in [9.17, 15) is 5.11 Å². The lowest BCUT2D eigenvalue weighted by atomic mass is 9.99. The molecule has 0 aliphatic carbocycles. The molecule has 0 saturated heterocycles. The fourth-order valence-corrected chi connectivity index (χ4v) is 1.72. The van der Waals surface area contributed by atoms with Gasteiger partial charge in [0, 0.05) is 10.6 Å². The monoisotopic (exact) mass is 228 g/mol. The maximum Gasteiger partial charge on any atom is 0.119 e.